The lowest BCUT2D eigenvalue weighted by Crippen LogP contribution is -2.42. The first-order chi connectivity index (χ1) is 14.7. The summed E-state index contributed by atoms with van der Waals surface area (Å²) < 4.78 is 13.6. The monoisotopic (exact) mass is 410 g/mol. The summed E-state index contributed by atoms with van der Waals surface area (Å²) >= 11 is 0. The van der Waals surface area contributed by atoms with Crippen molar-refractivity contribution in [2.45, 2.75) is 51.1 Å². The topological polar surface area (TPSA) is 59.8 Å². The number of aromatic nitrogens is 2. The first-order valence-corrected chi connectivity index (χ1v) is 11.1. The van der Waals surface area contributed by atoms with Gasteiger partial charge in [0.05, 0.1) is 25.0 Å². The Balaban J connectivity index is 1.51. The third-order valence-corrected chi connectivity index (χ3v) is 6.56. The molecule has 160 valence electrons. The van der Waals surface area contributed by atoms with Gasteiger partial charge in [0.2, 0.25) is 0 Å². The van der Waals surface area contributed by atoms with E-state index in [1.165, 1.54) is 26.4 Å². The number of ether oxygens (including phenoxy) is 2. The smallest absolute Gasteiger partial charge is 0.414 e. The molecule has 1 aromatic heterocycles. The molecule has 5 rings (SSSR count). The molecule has 0 bridgehead atoms. The van der Waals surface area contributed by atoms with Crippen LogP contribution in [-0.2, 0) is 11.2 Å². The van der Waals surface area contributed by atoms with E-state index in [0.29, 0.717) is 12.6 Å². The molecule has 0 spiro atoms. The first kappa shape index (κ1) is 19.4. The quantitative estimate of drug-likeness (QED) is 0.723. The summed E-state index contributed by atoms with van der Waals surface area (Å²) in [7, 11) is 1.44. The fourth-order valence-corrected chi connectivity index (χ4v) is 4.47. The lowest BCUT2D eigenvalue weighted by molar-refractivity contribution is 0.146. The average Bonchev–Trinajstić information content (AvgIpc) is 3.46. The molecule has 7 heteroatoms. The van der Waals surface area contributed by atoms with E-state index in [9.17, 15) is 4.79 Å². The van der Waals surface area contributed by atoms with Crippen LogP contribution in [0.3, 0.4) is 0 Å². The Labute approximate surface area is 177 Å². The van der Waals surface area contributed by atoms with E-state index in [-0.39, 0.29) is 12.1 Å². The minimum absolute atomic E-state index is 0.0994. The van der Waals surface area contributed by atoms with Crippen molar-refractivity contribution < 1.29 is 14.3 Å². The Bertz CT molecular complexity index is 933. The Hall–Kier alpha value is -2.54. The number of likely N-dealkylation sites (tertiary alicyclic amines) is 1. The number of nitrogens with zero attached hydrogens (tertiary/aromatic N) is 4. The summed E-state index contributed by atoms with van der Waals surface area (Å²) in [5.74, 6) is 0.893. The van der Waals surface area contributed by atoms with Crippen LogP contribution in [0.25, 0.3) is 11.1 Å². The predicted octanol–water partition coefficient (Wildman–Crippen LogP) is 3.88. The van der Waals surface area contributed by atoms with Gasteiger partial charge in [-0.15, -0.1) is 0 Å². The second-order valence-corrected chi connectivity index (χ2v) is 8.65. The average molecular weight is 411 g/mol. The van der Waals surface area contributed by atoms with Crippen molar-refractivity contribution in [2.75, 3.05) is 38.3 Å². The zero-order valence-corrected chi connectivity index (χ0v) is 17.8. The van der Waals surface area contributed by atoms with Gasteiger partial charge in [0.15, 0.2) is 0 Å². The van der Waals surface area contributed by atoms with Crippen molar-refractivity contribution in [3.05, 3.63) is 30.1 Å². The molecule has 1 aromatic carbocycles. The van der Waals surface area contributed by atoms with E-state index in [1.807, 2.05) is 12.3 Å². The summed E-state index contributed by atoms with van der Waals surface area (Å²) in [5.41, 5.74) is 4.13. The van der Waals surface area contributed by atoms with Crippen molar-refractivity contribution in [1.29, 1.82) is 0 Å². The molecule has 0 N–H and O–H groups in total. The Kier molecular flexibility index (Phi) is 5.15. The number of rotatable bonds is 6. The van der Waals surface area contributed by atoms with Crippen molar-refractivity contribution in [1.82, 2.24) is 14.7 Å². The molecule has 7 nitrogen and oxygen atoms in total. The molecule has 30 heavy (non-hydrogen) atoms. The number of carbonyl (C=O) groups excluding carboxylic acids is 1. The zero-order chi connectivity index (χ0) is 20.7. The molecule has 3 heterocycles. The number of hydrogen-bond acceptors (Lipinski definition) is 5. The minimum Gasteiger partial charge on any atom is -0.491 e. The lowest BCUT2D eigenvalue weighted by Gasteiger charge is -2.35. The highest BCUT2D eigenvalue weighted by Gasteiger charge is 2.32. The number of methoxy groups -OCH3 is 1. The SMILES string of the molecule is COC(=O)N1c2ccc(-c3cnn(C4CC4)c3)c(OCCN3CCC3)c2CCC1C. The maximum absolute atomic E-state index is 12.5. The molecule has 1 unspecified atom stereocenters. The summed E-state index contributed by atoms with van der Waals surface area (Å²) in [6.45, 7) is 5.96. The van der Waals surface area contributed by atoms with Gasteiger partial charge in [-0.05, 0) is 64.3 Å². The van der Waals surface area contributed by atoms with Crippen molar-refractivity contribution in [3.8, 4) is 16.9 Å². The second kappa shape index (κ2) is 7.95. The molecule has 0 radical (unpaired) electrons. The normalized spacial score (nSPS) is 21.1. The van der Waals surface area contributed by atoms with Crippen LogP contribution in [0.2, 0.25) is 0 Å². The third-order valence-electron chi connectivity index (χ3n) is 6.56. The highest BCUT2D eigenvalue weighted by molar-refractivity contribution is 5.92. The van der Waals surface area contributed by atoms with Gasteiger partial charge in [-0.1, -0.05) is 0 Å². The van der Waals surface area contributed by atoms with Crippen LogP contribution in [0.4, 0.5) is 10.5 Å². The van der Waals surface area contributed by atoms with Gasteiger partial charge in [0, 0.05) is 35.5 Å². The van der Waals surface area contributed by atoms with Gasteiger partial charge in [-0.3, -0.25) is 14.5 Å². The van der Waals surface area contributed by atoms with E-state index in [0.717, 1.165) is 60.6 Å². The number of hydrogen-bond donors (Lipinski definition) is 0. The first-order valence-electron chi connectivity index (χ1n) is 11.1. The van der Waals surface area contributed by atoms with Gasteiger partial charge < -0.3 is 9.47 Å². The molecule has 1 aliphatic carbocycles. The molecule has 1 saturated heterocycles. The molecule has 2 aromatic rings. The molecule has 1 amide bonds. The fraction of sp³-hybridized carbons (Fsp3) is 0.565. The van der Waals surface area contributed by atoms with Crippen LogP contribution in [0.1, 0.15) is 44.2 Å². The highest BCUT2D eigenvalue weighted by atomic mass is 16.5. The van der Waals surface area contributed by atoms with Gasteiger partial charge in [0.25, 0.3) is 0 Å². The Morgan fingerprint density at radius 1 is 1.23 bits per heavy atom. The van der Waals surface area contributed by atoms with Crippen LogP contribution < -0.4 is 9.64 Å². The lowest BCUT2D eigenvalue weighted by atomic mass is 9.92. The molecular formula is C23H30N4O3. The van der Waals surface area contributed by atoms with Gasteiger partial charge >= 0.3 is 6.09 Å². The molecule has 2 aliphatic heterocycles. The van der Waals surface area contributed by atoms with E-state index in [2.05, 4.69) is 33.9 Å². The summed E-state index contributed by atoms with van der Waals surface area (Å²) in [6, 6.07) is 4.75. The predicted molar refractivity (Wildman–Crippen MR) is 115 cm³/mol. The summed E-state index contributed by atoms with van der Waals surface area (Å²) in [5, 5.41) is 4.58. The van der Waals surface area contributed by atoms with Crippen molar-refractivity contribution >= 4 is 11.8 Å². The summed E-state index contributed by atoms with van der Waals surface area (Å²) in [6.07, 6.45) is 9.20. The second-order valence-electron chi connectivity index (χ2n) is 8.65. The Morgan fingerprint density at radius 2 is 2.07 bits per heavy atom. The van der Waals surface area contributed by atoms with E-state index in [4.69, 9.17) is 9.47 Å². The van der Waals surface area contributed by atoms with Crippen molar-refractivity contribution in [3.63, 3.8) is 0 Å². The van der Waals surface area contributed by atoms with Gasteiger partial charge in [-0.2, -0.15) is 5.10 Å². The maximum atomic E-state index is 12.5. The largest absolute Gasteiger partial charge is 0.491 e. The number of fused-ring (bicyclic) bond motifs is 1. The summed E-state index contributed by atoms with van der Waals surface area (Å²) in [4.78, 5) is 16.7. The number of benzene rings is 1. The maximum Gasteiger partial charge on any atom is 0.414 e. The molecule has 1 saturated carbocycles. The van der Waals surface area contributed by atoms with E-state index >= 15 is 0 Å². The van der Waals surface area contributed by atoms with Crippen molar-refractivity contribution in [2.24, 2.45) is 0 Å². The zero-order valence-electron chi connectivity index (χ0n) is 17.8. The highest BCUT2D eigenvalue weighted by Crippen LogP contribution is 2.44. The number of carbonyl (C=O) groups is 1. The fourth-order valence-electron chi connectivity index (χ4n) is 4.47. The Morgan fingerprint density at radius 3 is 2.77 bits per heavy atom. The van der Waals surface area contributed by atoms with Crippen LogP contribution in [0.15, 0.2) is 24.5 Å². The van der Waals surface area contributed by atoms with Crippen LogP contribution >= 0.6 is 0 Å². The van der Waals surface area contributed by atoms with Gasteiger partial charge in [0.1, 0.15) is 12.4 Å². The molecular weight excluding hydrogens is 380 g/mol. The molecule has 3 aliphatic rings. The minimum atomic E-state index is -0.315. The third kappa shape index (κ3) is 3.55. The standard InChI is InChI=1S/C23H30N4O3/c1-16-4-7-20-21(27(16)23(28)29-2)9-8-19(17-14-24-26(15-17)18-5-6-18)22(20)30-13-12-25-10-3-11-25/h8-9,14-16,18H,3-7,10-13H2,1-2H3. The number of anilines is 1. The van der Waals surface area contributed by atoms with Crippen LogP contribution in [0, 0.1) is 0 Å². The van der Waals surface area contributed by atoms with Crippen LogP contribution in [-0.4, -0.2) is 60.2 Å². The van der Waals surface area contributed by atoms with E-state index in [1.54, 1.807) is 4.90 Å². The molecule has 1 atom stereocenters. The molecule has 2 fully saturated rings. The van der Waals surface area contributed by atoms with E-state index < -0.39 is 0 Å². The van der Waals surface area contributed by atoms with Gasteiger partial charge in [-0.25, -0.2) is 4.79 Å². The number of amides is 1. The van der Waals surface area contributed by atoms with Crippen LogP contribution in [0.5, 0.6) is 5.75 Å².